The molecule has 2 N–H and O–H groups in total. The summed E-state index contributed by atoms with van der Waals surface area (Å²) >= 11 is 0. The van der Waals surface area contributed by atoms with Gasteiger partial charge in [0, 0.05) is 58.0 Å². The standard InChI is InChI=1S/C20H34N4O3.HI/c1-5-21-20(22-13-16(2)15-25)24-10-8-23(9-11-24)14-17-12-18(26-3)6-7-19(17)27-4;/h6-7,12,16,25H,5,8-11,13-15H2,1-4H3,(H,21,22);1H. The highest BCUT2D eigenvalue weighted by Crippen LogP contribution is 2.25. The third kappa shape index (κ3) is 7.29. The Bertz CT molecular complexity index is 607. The van der Waals surface area contributed by atoms with Crippen molar-refractivity contribution in [2.75, 3.05) is 60.1 Å². The first-order valence-electron chi connectivity index (χ1n) is 9.68. The fraction of sp³-hybridized carbons (Fsp3) is 0.650. The van der Waals surface area contributed by atoms with Crippen molar-refractivity contribution in [2.45, 2.75) is 20.4 Å². The van der Waals surface area contributed by atoms with E-state index in [-0.39, 0.29) is 36.5 Å². The molecule has 28 heavy (non-hydrogen) atoms. The van der Waals surface area contributed by atoms with Crippen LogP contribution in [0.4, 0.5) is 0 Å². The van der Waals surface area contributed by atoms with Crippen molar-refractivity contribution in [3.63, 3.8) is 0 Å². The Morgan fingerprint density at radius 2 is 1.93 bits per heavy atom. The average Bonchev–Trinajstić information content (AvgIpc) is 2.71. The lowest BCUT2D eigenvalue weighted by Crippen LogP contribution is -2.52. The van der Waals surface area contributed by atoms with Crippen LogP contribution < -0.4 is 14.8 Å². The molecule has 1 fully saturated rings. The van der Waals surface area contributed by atoms with Crippen LogP contribution >= 0.6 is 24.0 Å². The summed E-state index contributed by atoms with van der Waals surface area (Å²) in [5.41, 5.74) is 1.14. The van der Waals surface area contributed by atoms with Crippen molar-refractivity contribution < 1.29 is 14.6 Å². The normalized spacial score (nSPS) is 16.3. The molecule has 2 rings (SSSR count). The van der Waals surface area contributed by atoms with Gasteiger partial charge in [-0.3, -0.25) is 9.89 Å². The van der Waals surface area contributed by atoms with Crippen LogP contribution in [0.2, 0.25) is 0 Å². The van der Waals surface area contributed by atoms with E-state index in [1.54, 1.807) is 14.2 Å². The predicted octanol–water partition coefficient (Wildman–Crippen LogP) is 2.03. The number of rotatable bonds is 8. The van der Waals surface area contributed by atoms with Gasteiger partial charge in [0.2, 0.25) is 0 Å². The van der Waals surface area contributed by atoms with Crippen molar-refractivity contribution in [1.82, 2.24) is 15.1 Å². The van der Waals surface area contributed by atoms with Gasteiger partial charge in [-0.1, -0.05) is 6.92 Å². The highest BCUT2D eigenvalue weighted by Gasteiger charge is 2.21. The number of nitrogens with zero attached hydrogens (tertiary/aromatic N) is 3. The molecule has 1 atom stereocenters. The Labute approximate surface area is 186 Å². The van der Waals surface area contributed by atoms with Crippen LogP contribution in [-0.2, 0) is 6.54 Å². The van der Waals surface area contributed by atoms with Gasteiger partial charge in [-0.25, -0.2) is 0 Å². The zero-order valence-electron chi connectivity index (χ0n) is 17.5. The molecule has 1 unspecified atom stereocenters. The Balaban J connectivity index is 0.00000392. The first-order chi connectivity index (χ1) is 13.1. The highest BCUT2D eigenvalue weighted by atomic mass is 127. The Morgan fingerprint density at radius 1 is 1.21 bits per heavy atom. The van der Waals surface area contributed by atoms with Gasteiger partial charge in [-0.05, 0) is 31.0 Å². The van der Waals surface area contributed by atoms with Crippen LogP contribution in [-0.4, -0.2) is 81.0 Å². The number of guanidine groups is 1. The second-order valence-electron chi connectivity index (χ2n) is 6.92. The van der Waals surface area contributed by atoms with E-state index in [1.807, 2.05) is 25.1 Å². The summed E-state index contributed by atoms with van der Waals surface area (Å²) in [6, 6.07) is 5.93. The van der Waals surface area contributed by atoms with Crippen LogP contribution in [0.15, 0.2) is 23.2 Å². The van der Waals surface area contributed by atoms with Crippen molar-refractivity contribution >= 4 is 29.9 Å². The maximum atomic E-state index is 9.21. The zero-order valence-corrected chi connectivity index (χ0v) is 19.8. The summed E-state index contributed by atoms with van der Waals surface area (Å²) in [5.74, 6) is 2.87. The van der Waals surface area contributed by atoms with Gasteiger partial charge in [0.25, 0.3) is 0 Å². The Kier molecular flexibility index (Phi) is 11.6. The van der Waals surface area contributed by atoms with E-state index in [0.29, 0.717) is 6.54 Å². The minimum Gasteiger partial charge on any atom is -0.497 e. The molecular weight excluding hydrogens is 471 g/mol. The van der Waals surface area contributed by atoms with E-state index < -0.39 is 0 Å². The van der Waals surface area contributed by atoms with Gasteiger partial charge < -0.3 is 24.8 Å². The number of aliphatic hydroxyl groups excluding tert-OH is 1. The molecule has 7 nitrogen and oxygen atoms in total. The van der Waals surface area contributed by atoms with Crippen molar-refractivity contribution in [2.24, 2.45) is 10.9 Å². The van der Waals surface area contributed by atoms with E-state index in [2.05, 4.69) is 27.0 Å². The minimum absolute atomic E-state index is 0. The van der Waals surface area contributed by atoms with E-state index in [1.165, 1.54) is 0 Å². The molecule has 0 spiro atoms. The van der Waals surface area contributed by atoms with Crippen LogP contribution in [0.5, 0.6) is 11.5 Å². The van der Waals surface area contributed by atoms with Crippen molar-refractivity contribution in [1.29, 1.82) is 0 Å². The van der Waals surface area contributed by atoms with E-state index in [0.717, 1.165) is 62.3 Å². The van der Waals surface area contributed by atoms with E-state index >= 15 is 0 Å². The Morgan fingerprint density at radius 3 is 2.50 bits per heavy atom. The summed E-state index contributed by atoms with van der Waals surface area (Å²) < 4.78 is 10.9. The molecule has 1 saturated heterocycles. The number of nitrogens with one attached hydrogen (secondary N) is 1. The second kappa shape index (κ2) is 13.1. The largest absolute Gasteiger partial charge is 0.497 e. The summed E-state index contributed by atoms with van der Waals surface area (Å²) in [6.45, 7) is 10.3. The van der Waals surface area contributed by atoms with Gasteiger partial charge in [0.15, 0.2) is 5.96 Å². The lowest BCUT2D eigenvalue weighted by atomic mass is 10.1. The summed E-state index contributed by atoms with van der Waals surface area (Å²) in [4.78, 5) is 9.41. The molecule has 8 heteroatoms. The molecule has 0 radical (unpaired) electrons. The number of aliphatic hydroxyl groups is 1. The van der Waals surface area contributed by atoms with Crippen LogP contribution in [0.25, 0.3) is 0 Å². The number of hydrogen-bond donors (Lipinski definition) is 2. The molecule has 0 aliphatic carbocycles. The van der Waals surface area contributed by atoms with E-state index in [9.17, 15) is 5.11 Å². The lowest BCUT2D eigenvalue weighted by Gasteiger charge is -2.36. The first kappa shape index (κ1) is 24.8. The summed E-state index contributed by atoms with van der Waals surface area (Å²) in [7, 11) is 3.39. The maximum Gasteiger partial charge on any atom is 0.194 e. The quantitative estimate of drug-likeness (QED) is 0.320. The van der Waals surface area contributed by atoms with E-state index in [4.69, 9.17) is 9.47 Å². The molecule has 1 aromatic carbocycles. The molecule has 160 valence electrons. The van der Waals surface area contributed by atoms with Crippen molar-refractivity contribution in [3.05, 3.63) is 23.8 Å². The molecule has 0 bridgehead atoms. The van der Waals surface area contributed by atoms with Gasteiger partial charge in [-0.2, -0.15) is 0 Å². The average molecular weight is 506 g/mol. The molecule has 1 aliphatic heterocycles. The molecule has 0 saturated carbocycles. The summed E-state index contributed by atoms with van der Waals surface area (Å²) in [5, 5.41) is 12.6. The molecule has 0 amide bonds. The number of ether oxygens (including phenoxy) is 2. The Hall–Kier alpha value is -1.26. The van der Waals surface area contributed by atoms with Gasteiger partial charge in [-0.15, -0.1) is 24.0 Å². The molecule has 1 heterocycles. The maximum absolute atomic E-state index is 9.21. The number of methoxy groups -OCH3 is 2. The second-order valence-corrected chi connectivity index (χ2v) is 6.92. The first-order valence-corrected chi connectivity index (χ1v) is 9.68. The van der Waals surface area contributed by atoms with Crippen LogP contribution in [0, 0.1) is 5.92 Å². The number of hydrogen-bond acceptors (Lipinski definition) is 5. The lowest BCUT2D eigenvalue weighted by molar-refractivity contribution is 0.170. The fourth-order valence-corrected chi connectivity index (χ4v) is 3.09. The monoisotopic (exact) mass is 506 g/mol. The third-order valence-corrected chi connectivity index (χ3v) is 4.75. The van der Waals surface area contributed by atoms with Gasteiger partial charge >= 0.3 is 0 Å². The van der Waals surface area contributed by atoms with Crippen molar-refractivity contribution in [3.8, 4) is 11.5 Å². The number of benzene rings is 1. The van der Waals surface area contributed by atoms with Crippen LogP contribution in [0.3, 0.4) is 0 Å². The third-order valence-electron chi connectivity index (χ3n) is 4.75. The number of halogens is 1. The van der Waals surface area contributed by atoms with Gasteiger partial charge in [0.05, 0.1) is 14.2 Å². The topological polar surface area (TPSA) is 69.6 Å². The summed E-state index contributed by atoms with van der Waals surface area (Å²) in [6.07, 6.45) is 0. The molecule has 1 aromatic rings. The molecule has 1 aliphatic rings. The molecule has 0 aromatic heterocycles. The number of aliphatic imine (C=N–C) groups is 1. The zero-order chi connectivity index (χ0) is 19.6. The predicted molar refractivity (Wildman–Crippen MR) is 124 cm³/mol. The molecular formula is C20H35IN4O3. The highest BCUT2D eigenvalue weighted by molar-refractivity contribution is 14.0. The smallest absolute Gasteiger partial charge is 0.194 e. The van der Waals surface area contributed by atoms with Gasteiger partial charge in [0.1, 0.15) is 11.5 Å². The SMILES string of the molecule is CCNC(=NCC(C)CO)N1CCN(Cc2cc(OC)ccc2OC)CC1.I. The minimum atomic E-state index is 0. The van der Waals surface area contributed by atoms with Crippen LogP contribution in [0.1, 0.15) is 19.4 Å². The number of piperazine rings is 1. The fourth-order valence-electron chi connectivity index (χ4n) is 3.09.